The smallest absolute Gasteiger partial charge is 0.196 e. The Morgan fingerprint density at radius 3 is 2.43 bits per heavy atom. The molecule has 28 heavy (non-hydrogen) atoms. The number of ether oxygens (including phenoxy) is 2. The number of nitrogens with one attached hydrogen (secondary N) is 2. The summed E-state index contributed by atoms with van der Waals surface area (Å²) in [6.07, 6.45) is 0.882. The molecule has 0 aliphatic carbocycles. The van der Waals surface area contributed by atoms with E-state index in [0.29, 0.717) is 31.5 Å². The second-order valence-electron chi connectivity index (χ2n) is 6.61. The molecule has 0 radical (unpaired) electrons. The van der Waals surface area contributed by atoms with Gasteiger partial charge >= 0.3 is 0 Å². The summed E-state index contributed by atoms with van der Waals surface area (Å²) in [5.74, 6) is 2.56. The Balaban J connectivity index is 0.00000280. The Hall–Kier alpha value is -2.16. The number of hydrogen-bond donors (Lipinski definition) is 3. The summed E-state index contributed by atoms with van der Waals surface area (Å²) in [4.78, 5) is 4.66. The van der Waals surface area contributed by atoms with E-state index in [1.165, 1.54) is 0 Å². The van der Waals surface area contributed by atoms with Gasteiger partial charge in [0.15, 0.2) is 17.5 Å². The molecule has 0 aromatic heterocycles. The molecule has 2 aromatic rings. The Kier molecular flexibility index (Phi) is 8.22. The van der Waals surface area contributed by atoms with E-state index in [9.17, 15) is 5.11 Å². The molecule has 0 spiro atoms. The first-order chi connectivity index (χ1) is 13.1. The number of guanidine groups is 1. The Bertz CT molecular complexity index is 817. The van der Waals surface area contributed by atoms with Gasteiger partial charge < -0.3 is 25.2 Å². The van der Waals surface area contributed by atoms with Crippen LogP contribution in [-0.4, -0.2) is 30.8 Å². The standard InChI is InChI=1S/C21H27N3O3.HI/c1-4-22-21(23-13-16-10-14(2)20(25)15(3)11-16)24-17-6-7-18-19(12-17)27-9-5-8-26-18;/h6-7,10-12,25H,4-5,8-9,13H2,1-3H3,(H2,22,23,24);1H. The molecular weight excluding hydrogens is 469 g/mol. The van der Waals surface area contributed by atoms with Gasteiger partial charge in [-0.15, -0.1) is 24.0 Å². The maximum absolute atomic E-state index is 9.92. The van der Waals surface area contributed by atoms with Gasteiger partial charge in [-0.1, -0.05) is 12.1 Å². The van der Waals surface area contributed by atoms with Crippen molar-refractivity contribution in [2.45, 2.75) is 33.7 Å². The molecule has 3 N–H and O–H groups in total. The summed E-state index contributed by atoms with van der Waals surface area (Å²) >= 11 is 0. The second-order valence-corrected chi connectivity index (χ2v) is 6.61. The van der Waals surface area contributed by atoms with Crippen molar-refractivity contribution < 1.29 is 14.6 Å². The summed E-state index contributed by atoms with van der Waals surface area (Å²) in [5, 5.41) is 16.5. The fraction of sp³-hybridized carbons (Fsp3) is 0.381. The van der Waals surface area contributed by atoms with Crippen molar-refractivity contribution in [2.24, 2.45) is 4.99 Å². The largest absolute Gasteiger partial charge is 0.507 e. The monoisotopic (exact) mass is 497 g/mol. The van der Waals surface area contributed by atoms with E-state index in [-0.39, 0.29) is 24.0 Å². The number of phenols is 1. The molecule has 1 heterocycles. The van der Waals surface area contributed by atoms with Crippen LogP contribution in [-0.2, 0) is 6.54 Å². The average molecular weight is 497 g/mol. The fourth-order valence-corrected chi connectivity index (χ4v) is 2.99. The number of rotatable bonds is 4. The van der Waals surface area contributed by atoms with E-state index in [2.05, 4.69) is 15.6 Å². The zero-order valence-corrected chi connectivity index (χ0v) is 18.9. The molecule has 2 aromatic carbocycles. The van der Waals surface area contributed by atoms with Gasteiger partial charge in [-0.25, -0.2) is 4.99 Å². The summed E-state index contributed by atoms with van der Waals surface area (Å²) in [6, 6.07) is 9.72. The molecule has 0 saturated carbocycles. The van der Waals surface area contributed by atoms with Gasteiger partial charge in [0.1, 0.15) is 5.75 Å². The van der Waals surface area contributed by atoms with Gasteiger partial charge in [-0.3, -0.25) is 0 Å². The average Bonchev–Trinajstić information content (AvgIpc) is 2.89. The molecule has 7 heteroatoms. The number of aryl methyl sites for hydroxylation is 2. The predicted molar refractivity (Wildman–Crippen MR) is 123 cm³/mol. The maximum atomic E-state index is 9.92. The molecule has 0 saturated heterocycles. The number of phenolic OH excluding ortho intramolecular Hbond substituents is 1. The summed E-state index contributed by atoms with van der Waals surface area (Å²) in [6.45, 7) is 8.43. The first-order valence-corrected chi connectivity index (χ1v) is 9.31. The van der Waals surface area contributed by atoms with Crippen LogP contribution in [0, 0.1) is 13.8 Å². The lowest BCUT2D eigenvalue weighted by Gasteiger charge is -2.14. The van der Waals surface area contributed by atoms with Gasteiger partial charge in [-0.2, -0.15) is 0 Å². The van der Waals surface area contributed by atoms with Crippen molar-refractivity contribution in [2.75, 3.05) is 25.1 Å². The predicted octanol–water partition coefficient (Wildman–Crippen LogP) is 4.37. The van der Waals surface area contributed by atoms with Crippen LogP contribution >= 0.6 is 24.0 Å². The third kappa shape index (κ3) is 5.67. The van der Waals surface area contributed by atoms with Crippen LogP contribution in [0.1, 0.15) is 30.0 Å². The van der Waals surface area contributed by atoms with Gasteiger partial charge in [0.05, 0.1) is 19.8 Å². The van der Waals surface area contributed by atoms with E-state index in [1.807, 2.05) is 51.1 Å². The summed E-state index contributed by atoms with van der Waals surface area (Å²) in [5.41, 5.74) is 3.66. The van der Waals surface area contributed by atoms with Crippen LogP contribution in [0.25, 0.3) is 0 Å². The highest BCUT2D eigenvalue weighted by Gasteiger charge is 2.11. The number of hydrogen-bond acceptors (Lipinski definition) is 4. The highest BCUT2D eigenvalue weighted by atomic mass is 127. The quantitative estimate of drug-likeness (QED) is 0.333. The molecule has 0 fully saturated rings. The zero-order chi connectivity index (χ0) is 19.2. The zero-order valence-electron chi connectivity index (χ0n) is 16.5. The van der Waals surface area contributed by atoms with Crippen molar-refractivity contribution in [1.29, 1.82) is 0 Å². The molecule has 0 amide bonds. The molecule has 0 bridgehead atoms. The second kappa shape index (κ2) is 10.4. The van der Waals surface area contributed by atoms with Crippen molar-refractivity contribution in [3.63, 3.8) is 0 Å². The Morgan fingerprint density at radius 1 is 1.07 bits per heavy atom. The number of halogens is 1. The SMILES string of the molecule is CCNC(=NCc1cc(C)c(O)c(C)c1)Nc1ccc2c(c1)OCCCO2.I. The van der Waals surface area contributed by atoms with Crippen LogP contribution in [0.5, 0.6) is 17.2 Å². The number of anilines is 1. The van der Waals surface area contributed by atoms with Crippen molar-refractivity contribution in [3.8, 4) is 17.2 Å². The maximum Gasteiger partial charge on any atom is 0.196 e. The highest BCUT2D eigenvalue weighted by Crippen LogP contribution is 2.32. The lowest BCUT2D eigenvalue weighted by atomic mass is 10.1. The minimum absolute atomic E-state index is 0. The number of benzene rings is 2. The number of nitrogens with zero attached hydrogens (tertiary/aromatic N) is 1. The normalized spacial score (nSPS) is 13.3. The molecule has 6 nitrogen and oxygen atoms in total. The molecule has 1 aliphatic rings. The van der Waals surface area contributed by atoms with Crippen LogP contribution in [0.2, 0.25) is 0 Å². The molecule has 1 aliphatic heterocycles. The van der Waals surface area contributed by atoms with Crippen molar-refractivity contribution in [1.82, 2.24) is 5.32 Å². The van der Waals surface area contributed by atoms with Gasteiger partial charge in [0, 0.05) is 24.7 Å². The number of fused-ring (bicyclic) bond motifs is 1. The Labute approximate surface area is 183 Å². The number of aromatic hydroxyl groups is 1. The van der Waals surface area contributed by atoms with Crippen LogP contribution in [0.15, 0.2) is 35.3 Å². The van der Waals surface area contributed by atoms with Gasteiger partial charge in [0.25, 0.3) is 0 Å². The van der Waals surface area contributed by atoms with Crippen LogP contribution in [0.4, 0.5) is 5.69 Å². The molecule has 152 valence electrons. The van der Waals surface area contributed by atoms with E-state index in [1.54, 1.807) is 0 Å². The number of aliphatic imine (C=N–C) groups is 1. The molecule has 3 rings (SSSR count). The van der Waals surface area contributed by atoms with Gasteiger partial charge in [-0.05, 0) is 49.6 Å². The lowest BCUT2D eigenvalue weighted by Crippen LogP contribution is -2.30. The van der Waals surface area contributed by atoms with E-state index in [4.69, 9.17) is 9.47 Å². The van der Waals surface area contributed by atoms with Crippen LogP contribution in [0.3, 0.4) is 0 Å². The molecular formula is C21H28IN3O3. The third-order valence-corrected chi connectivity index (χ3v) is 4.33. The topological polar surface area (TPSA) is 75.1 Å². The molecule has 0 unspecified atom stereocenters. The summed E-state index contributed by atoms with van der Waals surface area (Å²) < 4.78 is 11.4. The third-order valence-electron chi connectivity index (χ3n) is 4.33. The van der Waals surface area contributed by atoms with E-state index < -0.39 is 0 Å². The van der Waals surface area contributed by atoms with E-state index >= 15 is 0 Å². The minimum Gasteiger partial charge on any atom is -0.507 e. The van der Waals surface area contributed by atoms with E-state index in [0.717, 1.165) is 46.8 Å². The minimum atomic E-state index is 0. The molecule has 0 atom stereocenters. The Morgan fingerprint density at radius 2 is 1.75 bits per heavy atom. The lowest BCUT2D eigenvalue weighted by molar-refractivity contribution is 0.297. The van der Waals surface area contributed by atoms with Gasteiger partial charge in [0.2, 0.25) is 0 Å². The first-order valence-electron chi connectivity index (χ1n) is 9.31. The fourth-order valence-electron chi connectivity index (χ4n) is 2.99. The van der Waals surface area contributed by atoms with Crippen molar-refractivity contribution >= 4 is 35.6 Å². The van der Waals surface area contributed by atoms with Crippen molar-refractivity contribution in [3.05, 3.63) is 47.0 Å². The highest BCUT2D eigenvalue weighted by molar-refractivity contribution is 14.0. The summed E-state index contributed by atoms with van der Waals surface area (Å²) in [7, 11) is 0. The first kappa shape index (κ1) is 22.1. The van der Waals surface area contributed by atoms with Crippen LogP contribution < -0.4 is 20.1 Å².